The molecule has 2 rings (SSSR count). The summed E-state index contributed by atoms with van der Waals surface area (Å²) >= 11 is 0. The summed E-state index contributed by atoms with van der Waals surface area (Å²) in [6.07, 6.45) is -1.89. The number of amides is 2. The topological polar surface area (TPSA) is 95.6 Å². The molecule has 0 saturated carbocycles. The van der Waals surface area contributed by atoms with E-state index in [9.17, 15) is 9.59 Å². The van der Waals surface area contributed by atoms with Crippen LogP contribution < -0.4 is 15.0 Å². The van der Waals surface area contributed by atoms with Gasteiger partial charge in [0.25, 0.3) is 0 Å². The second kappa shape index (κ2) is 12.4. The van der Waals surface area contributed by atoms with Gasteiger partial charge in [0.1, 0.15) is 12.4 Å². The van der Waals surface area contributed by atoms with Gasteiger partial charge in [0.2, 0.25) is 0 Å². The third kappa shape index (κ3) is 7.36. The zero-order chi connectivity index (χ0) is 21.8. The minimum absolute atomic E-state index is 0.125. The van der Waals surface area contributed by atoms with Gasteiger partial charge in [-0.3, -0.25) is 10.2 Å². The van der Waals surface area contributed by atoms with Crippen molar-refractivity contribution in [2.45, 2.75) is 6.29 Å². The van der Waals surface area contributed by atoms with Crippen LogP contribution in [0.5, 0.6) is 5.75 Å². The fraction of sp³-hybridized carbons (Fsp3) is 0.333. The molecule has 0 radical (unpaired) electrons. The first-order valence-electron chi connectivity index (χ1n) is 9.20. The van der Waals surface area contributed by atoms with Crippen LogP contribution in [0.4, 0.5) is 21.0 Å². The smallest absolute Gasteiger partial charge is 0.419 e. The van der Waals surface area contributed by atoms with Gasteiger partial charge in [-0.05, 0) is 24.3 Å². The molecule has 2 amide bonds. The van der Waals surface area contributed by atoms with Crippen LogP contribution in [-0.2, 0) is 18.9 Å². The molecular formula is C21H26N2O7. The standard InChI is InChI=1S/C21H26N2O7/c1-26-12-13-29-20(24)22-16-8-7-11-18(14-16)30-21(25)23(15-19(27-2)28-3)17-9-5-4-6-10-17/h4-11,14,19H,12-13,15H2,1-3H3,(H,22,24). The highest BCUT2D eigenvalue weighted by Gasteiger charge is 2.22. The molecule has 0 heterocycles. The summed E-state index contributed by atoms with van der Waals surface area (Å²) in [5, 5.41) is 2.56. The maximum Gasteiger partial charge on any atom is 0.419 e. The van der Waals surface area contributed by atoms with E-state index in [0.29, 0.717) is 18.0 Å². The summed E-state index contributed by atoms with van der Waals surface area (Å²) in [5.74, 6) is 0.252. The predicted octanol–water partition coefficient (Wildman–Crippen LogP) is 3.51. The van der Waals surface area contributed by atoms with Gasteiger partial charge in [0.15, 0.2) is 6.29 Å². The molecular weight excluding hydrogens is 392 g/mol. The Morgan fingerprint density at radius 2 is 1.70 bits per heavy atom. The molecule has 0 aliphatic rings. The average molecular weight is 418 g/mol. The molecule has 0 bridgehead atoms. The summed E-state index contributed by atoms with van der Waals surface area (Å²) in [6.45, 7) is 0.549. The van der Waals surface area contributed by atoms with Crippen molar-refractivity contribution in [3.8, 4) is 5.75 Å². The second-order valence-electron chi connectivity index (χ2n) is 6.00. The van der Waals surface area contributed by atoms with Crippen LogP contribution in [0.1, 0.15) is 0 Å². The SMILES string of the molecule is COCCOC(=O)Nc1cccc(OC(=O)N(CC(OC)OC)c2ccccc2)c1. The molecule has 0 aliphatic heterocycles. The Balaban J connectivity index is 2.08. The van der Waals surface area contributed by atoms with Crippen LogP contribution in [0.3, 0.4) is 0 Å². The van der Waals surface area contributed by atoms with E-state index >= 15 is 0 Å². The largest absolute Gasteiger partial charge is 0.447 e. The van der Waals surface area contributed by atoms with Gasteiger partial charge < -0.3 is 23.7 Å². The average Bonchev–Trinajstić information content (AvgIpc) is 2.75. The summed E-state index contributed by atoms with van der Waals surface area (Å²) in [6, 6.07) is 15.4. The first-order chi connectivity index (χ1) is 14.6. The molecule has 0 saturated heterocycles. The maximum absolute atomic E-state index is 12.9. The molecule has 30 heavy (non-hydrogen) atoms. The first-order valence-corrected chi connectivity index (χ1v) is 9.20. The Labute approximate surface area is 175 Å². The normalized spacial score (nSPS) is 10.5. The minimum Gasteiger partial charge on any atom is -0.447 e. The number of rotatable bonds is 10. The number of hydrogen-bond acceptors (Lipinski definition) is 7. The molecule has 2 aromatic rings. The lowest BCUT2D eigenvalue weighted by Crippen LogP contribution is -2.40. The summed E-state index contributed by atoms with van der Waals surface area (Å²) in [5.41, 5.74) is 1.04. The van der Waals surface area contributed by atoms with Gasteiger partial charge in [-0.25, -0.2) is 9.59 Å². The molecule has 162 valence electrons. The van der Waals surface area contributed by atoms with E-state index < -0.39 is 18.5 Å². The molecule has 0 aromatic heterocycles. The highest BCUT2D eigenvalue weighted by molar-refractivity contribution is 5.89. The number of ether oxygens (including phenoxy) is 5. The molecule has 1 N–H and O–H groups in total. The van der Waals surface area contributed by atoms with Crippen molar-refractivity contribution in [3.05, 3.63) is 54.6 Å². The molecule has 0 spiro atoms. The molecule has 9 heteroatoms. The van der Waals surface area contributed by atoms with Crippen LogP contribution in [0.15, 0.2) is 54.6 Å². The van der Waals surface area contributed by atoms with E-state index in [0.717, 1.165) is 0 Å². The monoisotopic (exact) mass is 418 g/mol. The van der Waals surface area contributed by atoms with Gasteiger partial charge in [-0.2, -0.15) is 0 Å². The van der Waals surface area contributed by atoms with Crippen LogP contribution >= 0.6 is 0 Å². The highest BCUT2D eigenvalue weighted by Crippen LogP contribution is 2.21. The number of anilines is 2. The lowest BCUT2D eigenvalue weighted by atomic mass is 10.3. The number of carbonyl (C=O) groups excluding carboxylic acids is 2. The zero-order valence-corrected chi connectivity index (χ0v) is 17.2. The predicted molar refractivity (Wildman–Crippen MR) is 111 cm³/mol. The van der Waals surface area contributed by atoms with E-state index in [4.69, 9.17) is 23.7 Å². The van der Waals surface area contributed by atoms with Crippen molar-refractivity contribution < 1.29 is 33.3 Å². The number of para-hydroxylation sites is 1. The van der Waals surface area contributed by atoms with Crippen molar-refractivity contribution in [2.24, 2.45) is 0 Å². The lowest BCUT2D eigenvalue weighted by Gasteiger charge is -2.25. The molecule has 0 atom stereocenters. The number of methoxy groups -OCH3 is 3. The minimum atomic E-state index is -0.635. The Kier molecular flexibility index (Phi) is 9.59. The van der Waals surface area contributed by atoms with E-state index in [2.05, 4.69) is 5.32 Å². The van der Waals surface area contributed by atoms with E-state index in [1.54, 1.807) is 30.3 Å². The quantitative estimate of drug-likeness (QED) is 0.466. The number of hydrogen-bond donors (Lipinski definition) is 1. The van der Waals surface area contributed by atoms with E-state index in [1.165, 1.54) is 32.3 Å². The van der Waals surface area contributed by atoms with E-state index in [-0.39, 0.29) is 18.9 Å². The van der Waals surface area contributed by atoms with Crippen LogP contribution in [0, 0.1) is 0 Å². The number of carbonyl (C=O) groups is 2. The fourth-order valence-electron chi connectivity index (χ4n) is 2.45. The van der Waals surface area contributed by atoms with Crippen molar-refractivity contribution in [3.63, 3.8) is 0 Å². The van der Waals surface area contributed by atoms with E-state index in [1.807, 2.05) is 18.2 Å². The Bertz CT molecular complexity index is 797. The Hall–Kier alpha value is -3.14. The zero-order valence-electron chi connectivity index (χ0n) is 17.2. The summed E-state index contributed by atoms with van der Waals surface area (Å²) < 4.78 is 25.7. The summed E-state index contributed by atoms with van der Waals surface area (Å²) in [7, 11) is 4.49. The lowest BCUT2D eigenvalue weighted by molar-refractivity contribution is -0.0943. The number of benzene rings is 2. The number of nitrogens with one attached hydrogen (secondary N) is 1. The molecule has 0 aliphatic carbocycles. The summed E-state index contributed by atoms with van der Waals surface area (Å²) in [4.78, 5) is 26.0. The van der Waals surface area contributed by atoms with Gasteiger partial charge in [0, 0.05) is 38.8 Å². The third-order valence-corrected chi connectivity index (χ3v) is 3.95. The van der Waals surface area contributed by atoms with Crippen molar-refractivity contribution >= 4 is 23.6 Å². The van der Waals surface area contributed by atoms with Gasteiger partial charge in [-0.1, -0.05) is 24.3 Å². The van der Waals surface area contributed by atoms with Crippen molar-refractivity contribution in [1.82, 2.24) is 0 Å². The second-order valence-corrected chi connectivity index (χ2v) is 6.00. The van der Waals surface area contributed by atoms with Gasteiger partial charge >= 0.3 is 12.2 Å². The molecule has 9 nitrogen and oxygen atoms in total. The number of nitrogens with zero attached hydrogens (tertiary/aromatic N) is 1. The molecule has 0 fully saturated rings. The molecule has 0 unspecified atom stereocenters. The fourth-order valence-corrected chi connectivity index (χ4v) is 2.45. The van der Waals surface area contributed by atoms with Crippen LogP contribution in [0.25, 0.3) is 0 Å². The van der Waals surface area contributed by atoms with Crippen molar-refractivity contribution in [1.29, 1.82) is 0 Å². The van der Waals surface area contributed by atoms with Gasteiger partial charge in [-0.15, -0.1) is 0 Å². The van der Waals surface area contributed by atoms with Crippen molar-refractivity contribution in [2.75, 3.05) is 51.3 Å². The maximum atomic E-state index is 12.9. The third-order valence-electron chi connectivity index (χ3n) is 3.95. The van der Waals surface area contributed by atoms with Crippen LogP contribution in [-0.4, -0.2) is 59.6 Å². The first kappa shape index (κ1) is 23.1. The molecule has 2 aromatic carbocycles. The van der Waals surface area contributed by atoms with Gasteiger partial charge in [0.05, 0.1) is 13.2 Å². The highest BCUT2D eigenvalue weighted by atomic mass is 16.7. The van der Waals surface area contributed by atoms with Crippen LogP contribution in [0.2, 0.25) is 0 Å². The Morgan fingerprint density at radius 3 is 2.37 bits per heavy atom. The Morgan fingerprint density at radius 1 is 0.967 bits per heavy atom.